The lowest BCUT2D eigenvalue weighted by Crippen LogP contribution is -2.25. The summed E-state index contributed by atoms with van der Waals surface area (Å²) < 4.78 is 11.6. The molecule has 0 spiro atoms. The van der Waals surface area contributed by atoms with E-state index in [0.29, 0.717) is 29.8 Å². The van der Waals surface area contributed by atoms with Gasteiger partial charge < -0.3 is 14.5 Å². The number of amides is 1. The highest BCUT2D eigenvalue weighted by molar-refractivity contribution is 6.30. The smallest absolute Gasteiger partial charge is 0.244 e. The molecule has 3 aromatic rings. The van der Waals surface area contributed by atoms with E-state index in [-0.39, 0.29) is 5.91 Å². The molecule has 0 fully saturated rings. The Hall–Kier alpha value is -2.72. The molecule has 0 aliphatic heterocycles. The number of carbonyl (C=O) groups excluding carboxylic acids is 1. The molecular formula is C24H26ClNO3. The third-order valence-electron chi connectivity index (χ3n) is 4.59. The summed E-state index contributed by atoms with van der Waals surface area (Å²) in [5.74, 6) is 0.988. The van der Waals surface area contributed by atoms with Crippen LogP contribution in [-0.2, 0) is 4.79 Å². The molecule has 0 aliphatic carbocycles. The van der Waals surface area contributed by atoms with E-state index in [0.717, 1.165) is 33.2 Å². The number of allylic oxidation sites excluding steroid dienone is 1. The molecule has 5 heteroatoms. The van der Waals surface area contributed by atoms with Gasteiger partial charge in [0.1, 0.15) is 11.3 Å². The summed E-state index contributed by atoms with van der Waals surface area (Å²) >= 11 is 6.02. The maximum atomic E-state index is 12.3. The highest BCUT2D eigenvalue weighted by atomic mass is 35.5. The van der Waals surface area contributed by atoms with E-state index in [1.54, 1.807) is 12.3 Å². The molecule has 0 bridgehead atoms. The summed E-state index contributed by atoms with van der Waals surface area (Å²) in [4.78, 5) is 12.3. The molecule has 1 aromatic heterocycles. The Morgan fingerprint density at radius 2 is 1.97 bits per heavy atom. The van der Waals surface area contributed by atoms with Crippen LogP contribution in [0.4, 0.5) is 0 Å². The Morgan fingerprint density at radius 1 is 1.24 bits per heavy atom. The first kappa shape index (κ1) is 21.0. The van der Waals surface area contributed by atoms with Gasteiger partial charge >= 0.3 is 0 Å². The van der Waals surface area contributed by atoms with Crippen LogP contribution in [0.1, 0.15) is 33.3 Å². The molecule has 2 aromatic carbocycles. The molecule has 152 valence electrons. The maximum absolute atomic E-state index is 12.3. The van der Waals surface area contributed by atoms with Gasteiger partial charge in [-0.15, -0.1) is 0 Å². The van der Waals surface area contributed by atoms with Crippen LogP contribution in [-0.4, -0.2) is 19.1 Å². The number of hydrogen-bond acceptors (Lipinski definition) is 3. The second-order valence-corrected chi connectivity index (χ2v) is 7.84. The summed E-state index contributed by atoms with van der Waals surface area (Å²) in [6.45, 7) is 9.15. The molecule has 29 heavy (non-hydrogen) atoms. The zero-order valence-electron chi connectivity index (χ0n) is 17.2. The molecule has 1 N–H and O–H groups in total. The van der Waals surface area contributed by atoms with Crippen molar-refractivity contribution in [2.24, 2.45) is 5.92 Å². The molecule has 0 saturated carbocycles. The summed E-state index contributed by atoms with van der Waals surface area (Å²) in [6.07, 6.45) is 3.36. The number of furan rings is 1. The number of nitrogens with one attached hydrogen (secondary N) is 1. The van der Waals surface area contributed by atoms with Crippen molar-refractivity contribution in [3.05, 3.63) is 59.3 Å². The molecule has 3 rings (SSSR count). The highest BCUT2D eigenvalue weighted by Crippen LogP contribution is 2.37. The lowest BCUT2D eigenvalue weighted by Gasteiger charge is -2.12. The minimum atomic E-state index is -0.108. The van der Waals surface area contributed by atoms with Crippen LogP contribution in [0.3, 0.4) is 0 Å². The minimum Gasteiger partial charge on any atom is -0.493 e. The van der Waals surface area contributed by atoms with E-state index >= 15 is 0 Å². The van der Waals surface area contributed by atoms with Crippen LogP contribution < -0.4 is 10.1 Å². The number of hydrogen-bond donors (Lipinski definition) is 1. The van der Waals surface area contributed by atoms with E-state index in [9.17, 15) is 4.79 Å². The lowest BCUT2D eigenvalue weighted by atomic mass is 9.99. The lowest BCUT2D eigenvalue weighted by molar-refractivity contribution is -0.116. The average molecular weight is 412 g/mol. The zero-order valence-corrected chi connectivity index (χ0v) is 18.0. The third-order valence-corrected chi connectivity index (χ3v) is 4.84. The van der Waals surface area contributed by atoms with Crippen molar-refractivity contribution in [1.29, 1.82) is 0 Å². The quantitative estimate of drug-likeness (QED) is 0.462. The average Bonchev–Trinajstić information content (AvgIpc) is 3.09. The van der Waals surface area contributed by atoms with Gasteiger partial charge in [0.15, 0.2) is 0 Å². The maximum Gasteiger partial charge on any atom is 0.244 e. The molecular weight excluding hydrogens is 386 g/mol. The predicted octanol–water partition coefficient (Wildman–Crippen LogP) is 6.33. The van der Waals surface area contributed by atoms with Gasteiger partial charge in [-0.25, -0.2) is 0 Å². The fourth-order valence-electron chi connectivity index (χ4n) is 3.12. The van der Waals surface area contributed by atoms with Crippen molar-refractivity contribution < 1.29 is 13.9 Å². The molecule has 1 heterocycles. The van der Waals surface area contributed by atoms with E-state index in [1.165, 1.54) is 0 Å². The second kappa shape index (κ2) is 9.19. The molecule has 4 nitrogen and oxygen atoms in total. The number of fused-ring (bicyclic) bond motifs is 1. The van der Waals surface area contributed by atoms with E-state index < -0.39 is 0 Å². The summed E-state index contributed by atoms with van der Waals surface area (Å²) in [5.41, 5.74) is 4.42. The van der Waals surface area contributed by atoms with Crippen molar-refractivity contribution in [3.63, 3.8) is 0 Å². The third kappa shape index (κ3) is 5.01. The summed E-state index contributed by atoms with van der Waals surface area (Å²) in [7, 11) is 0. The van der Waals surface area contributed by atoms with Gasteiger partial charge in [-0.1, -0.05) is 37.6 Å². The Kier molecular flexibility index (Phi) is 6.65. The molecule has 0 radical (unpaired) electrons. The van der Waals surface area contributed by atoms with E-state index in [4.69, 9.17) is 20.8 Å². The SMILES string of the molecule is CCOc1cc2occ(-c3ccc(Cl)cc3)c2cc1/C(C)=C/C(=O)NCC(C)C. The van der Waals surface area contributed by atoms with Crippen LogP contribution in [0, 0.1) is 5.92 Å². The Balaban J connectivity index is 2.04. The standard InChI is InChI=1S/C24H26ClNO3/c1-5-28-22-12-23-20(21(14-29-23)17-6-8-18(25)9-7-17)11-19(22)16(4)10-24(27)26-13-15(2)3/h6-12,14-15H,5,13H2,1-4H3,(H,26,27)/b16-10+. The molecule has 0 atom stereocenters. The first-order chi connectivity index (χ1) is 13.9. The second-order valence-electron chi connectivity index (χ2n) is 7.40. The molecule has 0 saturated heterocycles. The van der Waals surface area contributed by atoms with Gasteiger partial charge in [0, 0.05) is 40.2 Å². The largest absolute Gasteiger partial charge is 0.493 e. The fourth-order valence-corrected chi connectivity index (χ4v) is 3.25. The van der Waals surface area contributed by atoms with Gasteiger partial charge in [0.25, 0.3) is 0 Å². The van der Waals surface area contributed by atoms with Crippen molar-refractivity contribution >= 4 is 34.1 Å². The van der Waals surface area contributed by atoms with Crippen LogP contribution in [0.15, 0.2) is 53.2 Å². The van der Waals surface area contributed by atoms with Crippen molar-refractivity contribution in [2.75, 3.05) is 13.2 Å². The van der Waals surface area contributed by atoms with Gasteiger partial charge in [-0.2, -0.15) is 0 Å². The molecule has 0 unspecified atom stereocenters. The zero-order chi connectivity index (χ0) is 21.0. The molecule has 0 aliphatic rings. The van der Waals surface area contributed by atoms with Crippen molar-refractivity contribution in [1.82, 2.24) is 5.32 Å². The summed E-state index contributed by atoms with van der Waals surface area (Å²) in [6, 6.07) is 11.5. The highest BCUT2D eigenvalue weighted by Gasteiger charge is 2.15. The molecule has 1 amide bonds. The van der Waals surface area contributed by atoms with Crippen molar-refractivity contribution in [3.8, 4) is 16.9 Å². The van der Waals surface area contributed by atoms with Gasteiger partial charge in [-0.05, 0) is 49.1 Å². The van der Waals surface area contributed by atoms with Crippen LogP contribution in [0.25, 0.3) is 27.7 Å². The van der Waals surface area contributed by atoms with Crippen LogP contribution in [0.5, 0.6) is 5.75 Å². The fraction of sp³-hybridized carbons (Fsp3) is 0.292. The number of benzene rings is 2. The Morgan fingerprint density at radius 3 is 2.62 bits per heavy atom. The Bertz CT molecular complexity index is 1030. The van der Waals surface area contributed by atoms with Crippen LogP contribution >= 0.6 is 11.6 Å². The van der Waals surface area contributed by atoms with E-state index in [2.05, 4.69) is 19.2 Å². The van der Waals surface area contributed by atoms with Crippen molar-refractivity contribution in [2.45, 2.75) is 27.7 Å². The number of carbonyl (C=O) groups is 1. The number of rotatable bonds is 7. The van der Waals surface area contributed by atoms with E-state index in [1.807, 2.05) is 50.2 Å². The van der Waals surface area contributed by atoms with Gasteiger partial charge in [0.2, 0.25) is 5.91 Å². The normalized spacial score (nSPS) is 11.9. The topological polar surface area (TPSA) is 51.5 Å². The predicted molar refractivity (Wildman–Crippen MR) is 119 cm³/mol. The van der Waals surface area contributed by atoms with Gasteiger partial charge in [0.05, 0.1) is 12.9 Å². The summed E-state index contributed by atoms with van der Waals surface area (Å²) in [5, 5.41) is 4.57. The monoisotopic (exact) mass is 411 g/mol. The first-order valence-electron chi connectivity index (χ1n) is 9.79. The number of halogens is 1. The Labute approximate surface area is 176 Å². The number of ether oxygens (including phenoxy) is 1. The van der Waals surface area contributed by atoms with Crippen LogP contribution in [0.2, 0.25) is 5.02 Å². The van der Waals surface area contributed by atoms with Gasteiger partial charge in [-0.3, -0.25) is 4.79 Å². The first-order valence-corrected chi connectivity index (χ1v) is 10.2. The minimum absolute atomic E-state index is 0.108.